The van der Waals surface area contributed by atoms with Gasteiger partial charge in [0.2, 0.25) is 10.0 Å². The number of nitrogens with zero attached hydrogens (tertiary/aromatic N) is 5. The van der Waals surface area contributed by atoms with Gasteiger partial charge in [0.05, 0.1) is 10.7 Å². The summed E-state index contributed by atoms with van der Waals surface area (Å²) in [5.74, 6) is 0.00584. The number of aromatic nitrogens is 3. The van der Waals surface area contributed by atoms with Crippen LogP contribution in [0.3, 0.4) is 0 Å². The first kappa shape index (κ1) is 20.6. The number of aryl methyl sites for hydroxylation is 2. The molecular formula is C19H20ClN5O4S. The molecule has 0 atom stereocenters. The Morgan fingerprint density at radius 1 is 1.10 bits per heavy atom. The van der Waals surface area contributed by atoms with E-state index < -0.39 is 10.0 Å². The first-order chi connectivity index (χ1) is 14.3. The second kappa shape index (κ2) is 7.86. The Kier molecular flexibility index (Phi) is 5.39. The number of carbonyl (C=O) groups is 1. The average Bonchev–Trinajstić information content (AvgIpc) is 3.35. The number of piperazine rings is 1. The van der Waals surface area contributed by atoms with Crippen LogP contribution in [0.4, 0.5) is 0 Å². The molecule has 0 unspecified atom stereocenters. The third kappa shape index (κ3) is 3.62. The number of para-hydroxylation sites is 1. The van der Waals surface area contributed by atoms with Crippen LogP contribution in [0, 0.1) is 13.8 Å². The third-order valence-corrected chi connectivity index (χ3v) is 7.46. The fraction of sp³-hybridized carbons (Fsp3) is 0.316. The zero-order valence-electron chi connectivity index (χ0n) is 16.4. The van der Waals surface area contributed by atoms with Crippen LogP contribution in [0.5, 0.6) is 0 Å². The summed E-state index contributed by atoms with van der Waals surface area (Å²) in [5, 5.41) is 8.59. The maximum Gasteiger partial charge on any atom is 0.274 e. The van der Waals surface area contributed by atoms with E-state index in [2.05, 4.69) is 10.3 Å². The van der Waals surface area contributed by atoms with Crippen LogP contribution in [-0.2, 0) is 10.0 Å². The van der Waals surface area contributed by atoms with Gasteiger partial charge in [0, 0.05) is 32.4 Å². The monoisotopic (exact) mass is 449 g/mol. The lowest BCUT2D eigenvalue weighted by atomic mass is 10.3. The van der Waals surface area contributed by atoms with Crippen molar-refractivity contribution in [2.45, 2.75) is 18.7 Å². The van der Waals surface area contributed by atoms with Gasteiger partial charge in [-0.1, -0.05) is 28.9 Å². The van der Waals surface area contributed by atoms with E-state index in [0.29, 0.717) is 16.4 Å². The van der Waals surface area contributed by atoms with Crippen LogP contribution in [0.2, 0.25) is 5.02 Å². The van der Waals surface area contributed by atoms with Gasteiger partial charge in [-0.3, -0.25) is 4.79 Å². The van der Waals surface area contributed by atoms with E-state index in [1.165, 1.54) is 4.31 Å². The highest BCUT2D eigenvalue weighted by Crippen LogP contribution is 2.24. The molecule has 2 aromatic heterocycles. The lowest BCUT2D eigenvalue weighted by Crippen LogP contribution is -2.50. The van der Waals surface area contributed by atoms with Crippen LogP contribution in [0.1, 0.15) is 21.9 Å². The summed E-state index contributed by atoms with van der Waals surface area (Å²) in [5.41, 5.74) is 1.28. The van der Waals surface area contributed by atoms with E-state index in [-0.39, 0.29) is 48.4 Å². The molecule has 0 spiro atoms. The van der Waals surface area contributed by atoms with Crippen LogP contribution < -0.4 is 0 Å². The normalized spacial score (nSPS) is 15.5. The van der Waals surface area contributed by atoms with Crippen molar-refractivity contribution < 1.29 is 17.7 Å². The molecule has 3 heterocycles. The average molecular weight is 450 g/mol. The topological polar surface area (TPSA) is 102 Å². The molecule has 1 aliphatic heterocycles. The van der Waals surface area contributed by atoms with Gasteiger partial charge in [-0.05, 0) is 32.0 Å². The largest absolute Gasteiger partial charge is 0.360 e. The quantitative estimate of drug-likeness (QED) is 0.605. The second-order valence-corrected chi connectivity index (χ2v) is 9.23. The predicted octanol–water partition coefficient (Wildman–Crippen LogP) is 2.28. The van der Waals surface area contributed by atoms with Gasteiger partial charge in [0.15, 0.2) is 11.5 Å². The zero-order valence-corrected chi connectivity index (χ0v) is 18.0. The van der Waals surface area contributed by atoms with Crippen molar-refractivity contribution in [3.05, 3.63) is 58.7 Å². The van der Waals surface area contributed by atoms with Crippen molar-refractivity contribution in [1.29, 1.82) is 0 Å². The minimum Gasteiger partial charge on any atom is -0.360 e. The molecule has 30 heavy (non-hydrogen) atoms. The Labute approximate surface area is 178 Å². The SMILES string of the molecule is Cc1noc(C)c1S(=O)(=O)N1CCN(C(=O)c2ccn(-c3ccccc3Cl)n2)CC1. The van der Waals surface area contributed by atoms with Crippen LogP contribution in [0.15, 0.2) is 45.9 Å². The van der Waals surface area contributed by atoms with Crippen LogP contribution in [0.25, 0.3) is 5.69 Å². The Hall–Kier alpha value is -2.69. The van der Waals surface area contributed by atoms with Crippen LogP contribution >= 0.6 is 11.6 Å². The second-order valence-electron chi connectivity index (χ2n) is 6.95. The Morgan fingerprint density at radius 3 is 2.43 bits per heavy atom. The predicted molar refractivity (Wildman–Crippen MR) is 109 cm³/mol. The number of amides is 1. The zero-order chi connectivity index (χ0) is 21.5. The van der Waals surface area contributed by atoms with Crippen molar-refractivity contribution in [2.75, 3.05) is 26.2 Å². The molecule has 0 bridgehead atoms. The van der Waals surface area contributed by atoms with E-state index in [1.807, 2.05) is 18.2 Å². The standard InChI is InChI=1S/C19H20ClN5O4S/c1-13-18(14(2)29-22-13)30(27,28)24-11-9-23(10-12-24)19(26)16-7-8-25(21-16)17-6-4-3-5-15(17)20/h3-8H,9-12H2,1-2H3. The Balaban J connectivity index is 1.46. The number of sulfonamides is 1. The number of carbonyl (C=O) groups excluding carboxylic acids is 1. The highest BCUT2D eigenvalue weighted by Gasteiger charge is 2.34. The van der Waals surface area contributed by atoms with Gasteiger partial charge in [0.25, 0.3) is 5.91 Å². The maximum absolute atomic E-state index is 12.9. The minimum absolute atomic E-state index is 0.0979. The van der Waals surface area contributed by atoms with Crippen molar-refractivity contribution in [2.24, 2.45) is 0 Å². The number of hydrogen-bond donors (Lipinski definition) is 0. The molecular weight excluding hydrogens is 430 g/mol. The molecule has 0 aliphatic carbocycles. The summed E-state index contributed by atoms with van der Waals surface area (Å²) in [6.07, 6.45) is 1.67. The molecule has 1 aromatic carbocycles. The fourth-order valence-electron chi connectivity index (χ4n) is 3.48. The molecule has 9 nitrogen and oxygen atoms in total. The summed E-state index contributed by atoms with van der Waals surface area (Å²) in [6.45, 7) is 4.06. The van der Waals surface area contributed by atoms with Gasteiger partial charge in [-0.15, -0.1) is 0 Å². The molecule has 1 fully saturated rings. The maximum atomic E-state index is 12.9. The van der Waals surface area contributed by atoms with Crippen molar-refractivity contribution in [3.63, 3.8) is 0 Å². The van der Waals surface area contributed by atoms with E-state index in [9.17, 15) is 13.2 Å². The van der Waals surface area contributed by atoms with Crippen molar-refractivity contribution in [1.82, 2.24) is 24.1 Å². The van der Waals surface area contributed by atoms with Crippen molar-refractivity contribution >= 4 is 27.5 Å². The smallest absolute Gasteiger partial charge is 0.274 e. The number of halogens is 1. The molecule has 0 radical (unpaired) electrons. The number of benzene rings is 1. The molecule has 158 valence electrons. The summed E-state index contributed by atoms with van der Waals surface area (Å²) in [7, 11) is -3.73. The highest BCUT2D eigenvalue weighted by atomic mass is 35.5. The molecule has 3 aromatic rings. The van der Waals surface area contributed by atoms with E-state index in [0.717, 1.165) is 0 Å². The molecule has 11 heteroatoms. The summed E-state index contributed by atoms with van der Waals surface area (Å²) >= 11 is 6.19. The minimum atomic E-state index is -3.73. The van der Waals surface area contributed by atoms with Gasteiger partial charge in [-0.25, -0.2) is 13.1 Å². The fourth-order valence-corrected chi connectivity index (χ4v) is 5.41. The van der Waals surface area contributed by atoms with E-state index in [1.54, 1.807) is 41.8 Å². The lowest BCUT2D eigenvalue weighted by molar-refractivity contribution is 0.0691. The summed E-state index contributed by atoms with van der Waals surface area (Å²) in [4.78, 5) is 14.5. The molecule has 1 amide bonds. The third-order valence-electron chi connectivity index (χ3n) is 5.00. The van der Waals surface area contributed by atoms with Gasteiger partial charge in [0.1, 0.15) is 10.6 Å². The molecule has 0 N–H and O–H groups in total. The number of rotatable bonds is 4. The molecule has 4 rings (SSSR count). The van der Waals surface area contributed by atoms with Crippen molar-refractivity contribution in [3.8, 4) is 5.69 Å². The van der Waals surface area contributed by atoms with E-state index in [4.69, 9.17) is 16.1 Å². The Morgan fingerprint density at radius 2 is 1.80 bits per heavy atom. The molecule has 1 aliphatic rings. The molecule has 1 saturated heterocycles. The number of hydrogen-bond acceptors (Lipinski definition) is 6. The first-order valence-corrected chi connectivity index (χ1v) is 11.1. The summed E-state index contributed by atoms with van der Waals surface area (Å²) in [6, 6.07) is 8.83. The lowest BCUT2D eigenvalue weighted by Gasteiger charge is -2.33. The van der Waals surface area contributed by atoms with E-state index >= 15 is 0 Å². The van der Waals surface area contributed by atoms with Gasteiger partial charge in [-0.2, -0.15) is 9.40 Å². The van der Waals surface area contributed by atoms with Gasteiger partial charge >= 0.3 is 0 Å². The summed E-state index contributed by atoms with van der Waals surface area (Å²) < 4.78 is 33.7. The molecule has 0 saturated carbocycles. The van der Waals surface area contributed by atoms with Gasteiger partial charge < -0.3 is 9.42 Å². The first-order valence-electron chi connectivity index (χ1n) is 9.32. The van der Waals surface area contributed by atoms with Crippen LogP contribution in [-0.4, -0.2) is 64.6 Å². The Bertz CT molecular complexity index is 1180. The highest BCUT2D eigenvalue weighted by molar-refractivity contribution is 7.89.